The lowest BCUT2D eigenvalue weighted by molar-refractivity contribution is -0.137. The second-order valence-electron chi connectivity index (χ2n) is 4.04. The van der Waals surface area contributed by atoms with E-state index in [2.05, 4.69) is 15.9 Å². The van der Waals surface area contributed by atoms with Gasteiger partial charge in [0, 0.05) is 15.6 Å². The SMILES string of the molecule is Nc1c(Br)cc(F)cc1-c1ccc(C(F)(F)F)cc1F. The zero-order valence-corrected chi connectivity index (χ0v) is 11.3. The van der Waals surface area contributed by atoms with Gasteiger partial charge in [0.25, 0.3) is 0 Å². The van der Waals surface area contributed by atoms with Crippen LogP contribution in [0.15, 0.2) is 34.8 Å². The maximum Gasteiger partial charge on any atom is 0.416 e. The van der Waals surface area contributed by atoms with Gasteiger partial charge in [0.05, 0.1) is 11.3 Å². The number of rotatable bonds is 1. The van der Waals surface area contributed by atoms with E-state index in [-0.39, 0.29) is 21.3 Å². The van der Waals surface area contributed by atoms with E-state index < -0.39 is 23.4 Å². The third-order valence-corrected chi connectivity index (χ3v) is 3.34. The second kappa shape index (κ2) is 5.05. The van der Waals surface area contributed by atoms with Gasteiger partial charge in [-0.2, -0.15) is 13.2 Å². The molecule has 0 unspecified atom stereocenters. The average molecular weight is 352 g/mol. The lowest BCUT2D eigenvalue weighted by Gasteiger charge is -2.12. The number of anilines is 1. The highest BCUT2D eigenvalue weighted by molar-refractivity contribution is 9.10. The summed E-state index contributed by atoms with van der Waals surface area (Å²) >= 11 is 3.00. The molecule has 0 saturated heterocycles. The summed E-state index contributed by atoms with van der Waals surface area (Å²) in [5, 5.41) is 0. The van der Waals surface area contributed by atoms with Gasteiger partial charge in [-0.1, -0.05) is 6.07 Å². The third kappa shape index (κ3) is 2.77. The molecule has 0 radical (unpaired) electrons. The summed E-state index contributed by atoms with van der Waals surface area (Å²) in [6.45, 7) is 0. The first kappa shape index (κ1) is 14.8. The fourth-order valence-corrected chi connectivity index (χ4v) is 2.15. The molecule has 0 aliphatic carbocycles. The van der Waals surface area contributed by atoms with E-state index in [1.54, 1.807) is 0 Å². The highest BCUT2D eigenvalue weighted by Crippen LogP contribution is 2.37. The van der Waals surface area contributed by atoms with Gasteiger partial charge in [0.15, 0.2) is 0 Å². The van der Waals surface area contributed by atoms with Gasteiger partial charge in [-0.15, -0.1) is 0 Å². The first-order valence-corrected chi connectivity index (χ1v) is 6.11. The molecule has 0 amide bonds. The summed E-state index contributed by atoms with van der Waals surface area (Å²) in [6.07, 6.45) is -4.65. The van der Waals surface area contributed by atoms with Crippen molar-refractivity contribution in [1.29, 1.82) is 0 Å². The van der Waals surface area contributed by atoms with E-state index in [0.29, 0.717) is 6.07 Å². The maximum absolute atomic E-state index is 13.8. The number of halogens is 6. The van der Waals surface area contributed by atoms with Crippen molar-refractivity contribution in [2.45, 2.75) is 6.18 Å². The summed E-state index contributed by atoms with van der Waals surface area (Å²) in [7, 11) is 0. The van der Waals surface area contributed by atoms with Crippen LogP contribution in [0.1, 0.15) is 5.56 Å². The predicted octanol–water partition coefficient (Wildman–Crippen LogP) is 5.00. The Morgan fingerprint density at radius 2 is 1.60 bits per heavy atom. The minimum atomic E-state index is -4.65. The molecular formula is C13H7BrF5N. The minimum Gasteiger partial charge on any atom is -0.397 e. The van der Waals surface area contributed by atoms with Crippen LogP contribution in [-0.4, -0.2) is 0 Å². The lowest BCUT2D eigenvalue weighted by Crippen LogP contribution is -2.05. The van der Waals surface area contributed by atoms with Crippen molar-refractivity contribution in [3.8, 4) is 11.1 Å². The summed E-state index contributed by atoms with van der Waals surface area (Å²) in [5.41, 5.74) is 4.39. The maximum atomic E-state index is 13.8. The summed E-state index contributed by atoms with van der Waals surface area (Å²) < 4.78 is 64.7. The van der Waals surface area contributed by atoms with Crippen molar-refractivity contribution in [2.24, 2.45) is 0 Å². The highest BCUT2D eigenvalue weighted by atomic mass is 79.9. The zero-order chi connectivity index (χ0) is 15.1. The molecule has 20 heavy (non-hydrogen) atoms. The van der Waals surface area contributed by atoms with Crippen LogP contribution in [0.4, 0.5) is 27.6 Å². The van der Waals surface area contributed by atoms with Gasteiger partial charge >= 0.3 is 6.18 Å². The number of hydrogen-bond donors (Lipinski definition) is 1. The molecule has 2 aromatic rings. The average Bonchev–Trinajstić information content (AvgIpc) is 2.33. The molecule has 7 heteroatoms. The van der Waals surface area contributed by atoms with Crippen LogP contribution in [0.2, 0.25) is 0 Å². The summed E-state index contributed by atoms with van der Waals surface area (Å²) in [5.74, 6) is -1.80. The quantitative estimate of drug-likeness (QED) is 0.568. The van der Waals surface area contributed by atoms with Crippen LogP contribution >= 0.6 is 15.9 Å². The van der Waals surface area contributed by atoms with E-state index in [1.807, 2.05) is 0 Å². The molecule has 0 fully saturated rings. The molecule has 0 atom stereocenters. The largest absolute Gasteiger partial charge is 0.416 e. The Kier molecular flexibility index (Phi) is 3.73. The number of nitrogen functional groups attached to an aromatic ring is 1. The van der Waals surface area contributed by atoms with Gasteiger partial charge in [-0.05, 0) is 40.2 Å². The van der Waals surface area contributed by atoms with Crippen LogP contribution in [0.3, 0.4) is 0 Å². The van der Waals surface area contributed by atoms with Crippen LogP contribution < -0.4 is 5.73 Å². The monoisotopic (exact) mass is 351 g/mol. The van der Waals surface area contributed by atoms with Gasteiger partial charge in [-0.25, -0.2) is 8.78 Å². The van der Waals surface area contributed by atoms with Crippen molar-refractivity contribution in [3.05, 3.63) is 52.0 Å². The van der Waals surface area contributed by atoms with E-state index in [9.17, 15) is 22.0 Å². The Morgan fingerprint density at radius 1 is 0.950 bits per heavy atom. The molecule has 0 heterocycles. The first-order valence-electron chi connectivity index (χ1n) is 5.32. The van der Waals surface area contributed by atoms with Crippen LogP contribution in [0.25, 0.3) is 11.1 Å². The Hall–Kier alpha value is -1.63. The Balaban J connectivity index is 2.60. The van der Waals surface area contributed by atoms with Gasteiger partial charge in [0.1, 0.15) is 11.6 Å². The molecule has 0 bridgehead atoms. The Labute approximate surface area is 119 Å². The third-order valence-electron chi connectivity index (χ3n) is 2.68. The molecule has 0 saturated carbocycles. The molecule has 2 N–H and O–H groups in total. The van der Waals surface area contributed by atoms with Crippen LogP contribution in [-0.2, 0) is 6.18 Å². The first-order chi connectivity index (χ1) is 9.20. The van der Waals surface area contributed by atoms with Crippen molar-refractivity contribution in [1.82, 2.24) is 0 Å². The van der Waals surface area contributed by atoms with Crippen molar-refractivity contribution >= 4 is 21.6 Å². The topological polar surface area (TPSA) is 26.0 Å². The molecule has 0 spiro atoms. The number of benzene rings is 2. The molecule has 0 aromatic heterocycles. The Bertz CT molecular complexity index is 667. The molecule has 2 rings (SSSR count). The van der Waals surface area contributed by atoms with Crippen molar-refractivity contribution in [2.75, 3.05) is 5.73 Å². The number of alkyl halides is 3. The molecule has 2 aromatic carbocycles. The number of hydrogen-bond acceptors (Lipinski definition) is 1. The van der Waals surface area contributed by atoms with E-state index in [0.717, 1.165) is 24.3 Å². The molecule has 0 aliphatic rings. The number of nitrogens with two attached hydrogens (primary N) is 1. The Morgan fingerprint density at radius 3 is 2.15 bits per heavy atom. The smallest absolute Gasteiger partial charge is 0.397 e. The van der Waals surface area contributed by atoms with Gasteiger partial charge < -0.3 is 5.73 Å². The van der Waals surface area contributed by atoms with Crippen LogP contribution in [0.5, 0.6) is 0 Å². The molecule has 0 aliphatic heterocycles. The zero-order valence-electron chi connectivity index (χ0n) is 9.73. The summed E-state index contributed by atoms with van der Waals surface area (Å²) in [4.78, 5) is 0. The van der Waals surface area contributed by atoms with E-state index >= 15 is 0 Å². The fraction of sp³-hybridized carbons (Fsp3) is 0.0769. The molecule has 1 nitrogen and oxygen atoms in total. The van der Waals surface area contributed by atoms with E-state index in [1.165, 1.54) is 0 Å². The highest BCUT2D eigenvalue weighted by Gasteiger charge is 2.31. The fourth-order valence-electron chi connectivity index (χ4n) is 1.72. The lowest BCUT2D eigenvalue weighted by atomic mass is 10.0. The predicted molar refractivity (Wildman–Crippen MR) is 68.9 cm³/mol. The normalized spacial score (nSPS) is 11.7. The van der Waals surface area contributed by atoms with Crippen molar-refractivity contribution in [3.63, 3.8) is 0 Å². The second-order valence-corrected chi connectivity index (χ2v) is 4.90. The van der Waals surface area contributed by atoms with E-state index in [4.69, 9.17) is 5.73 Å². The standard InChI is InChI=1S/C13H7BrF5N/c14-10-5-7(15)4-9(12(10)20)8-2-1-6(3-11(8)16)13(17,18)19/h1-5H,20H2. The molecule has 106 valence electrons. The summed E-state index contributed by atoms with van der Waals surface area (Å²) in [6, 6.07) is 4.05. The van der Waals surface area contributed by atoms with Gasteiger partial charge in [-0.3, -0.25) is 0 Å². The van der Waals surface area contributed by atoms with Crippen molar-refractivity contribution < 1.29 is 22.0 Å². The van der Waals surface area contributed by atoms with Gasteiger partial charge in [0.2, 0.25) is 0 Å². The minimum absolute atomic E-state index is 0.0110. The molecular weight excluding hydrogens is 345 g/mol. The van der Waals surface area contributed by atoms with Crippen LogP contribution in [0, 0.1) is 11.6 Å².